The number of aromatic nitrogens is 4. The van der Waals surface area contributed by atoms with Crippen molar-refractivity contribution in [1.82, 2.24) is 19.9 Å². The smallest absolute Gasteiger partial charge is 0.362 e. The van der Waals surface area contributed by atoms with Crippen molar-refractivity contribution in [2.24, 2.45) is 0 Å². The highest BCUT2D eigenvalue weighted by molar-refractivity contribution is 5.63. The number of hydrogen-bond acceptors (Lipinski definition) is 8. The summed E-state index contributed by atoms with van der Waals surface area (Å²) >= 11 is 0. The molecule has 41 heavy (non-hydrogen) atoms. The molecule has 0 unspecified atom stereocenters. The van der Waals surface area contributed by atoms with Crippen LogP contribution in [0.4, 0.5) is 55.6 Å². The standard InChI is InChI=1S/C27H30F6N8/c1-39(2)24-19(27(31,32)33)8-9-21(37-24)36-22-17-10-15-40(23-18(26(28,29)30)7-6-12-34-23)16-11-20(17)35-25(38-22)41-13-4-3-5-14-41/h6-9,12H,3-5,10-11,13-16H2,1-2H3,(H,35,36,37,38). The molecule has 3 aromatic rings. The van der Waals surface area contributed by atoms with E-state index < -0.39 is 23.5 Å². The third-order valence-corrected chi connectivity index (χ3v) is 7.21. The molecule has 0 spiro atoms. The van der Waals surface area contributed by atoms with Crippen molar-refractivity contribution in [2.45, 2.75) is 44.5 Å². The van der Waals surface area contributed by atoms with Crippen LogP contribution in [-0.4, -0.2) is 60.2 Å². The molecule has 2 aliphatic heterocycles. The van der Waals surface area contributed by atoms with E-state index in [9.17, 15) is 26.3 Å². The van der Waals surface area contributed by atoms with Gasteiger partial charge in [0.2, 0.25) is 5.95 Å². The minimum absolute atomic E-state index is 0.147. The fourth-order valence-electron chi connectivity index (χ4n) is 5.21. The lowest BCUT2D eigenvalue weighted by molar-refractivity contribution is -0.138. The number of hydrogen-bond donors (Lipinski definition) is 1. The molecule has 1 N–H and O–H groups in total. The monoisotopic (exact) mass is 580 g/mol. The van der Waals surface area contributed by atoms with Gasteiger partial charge in [-0.2, -0.15) is 31.3 Å². The van der Waals surface area contributed by atoms with Gasteiger partial charge in [0.25, 0.3) is 0 Å². The summed E-state index contributed by atoms with van der Waals surface area (Å²) in [7, 11) is 2.96. The summed E-state index contributed by atoms with van der Waals surface area (Å²) in [5, 5.41) is 3.11. The fourth-order valence-corrected chi connectivity index (χ4v) is 5.21. The molecule has 8 nitrogen and oxygen atoms in total. The van der Waals surface area contributed by atoms with Gasteiger partial charge in [0.15, 0.2) is 0 Å². The fraction of sp³-hybridized carbons (Fsp3) is 0.481. The minimum Gasteiger partial charge on any atom is -0.362 e. The summed E-state index contributed by atoms with van der Waals surface area (Å²) in [6.07, 6.45) is -4.12. The second-order valence-electron chi connectivity index (χ2n) is 10.3. The summed E-state index contributed by atoms with van der Waals surface area (Å²) in [5.41, 5.74) is -0.315. The Bertz CT molecular complexity index is 1390. The highest BCUT2D eigenvalue weighted by atomic mass is 19.4. The van der Waals surface area contributed by atoms with E-state index in [-0.39, 0.29) is 30.5 Å². The van der Waals surface area contributed by atoms with Gasteiger partial charge >= 0.3 is 12.4 Å². The van der Waals surface area contributed by atoms with Crippen molar-refractivity contribution in [1.29, 1.82) is 0 Å². The first-order valence-electron chi connectivity index (χ1n) is 13.4. The van der Waals surface area contributed by atoms with Gasteiger partial charge in [0.1, 0.15) is 23.3 Å². The third kappa shape index (κ3) is 6.25. The summed E-state index contributed by atoms with van der Waals surface area (Å²) in [6.45, 7) is 2.00. The Hall–Kier alpha value is -3.84. The lowest BCUT2D eigenvalue weighted by atomic mass is 10.1. The second kappa shape index (κ2) is 11.2. The molecule has 0 saturated carbocycles. The van der Waals surface area contributed by atoms with Gasteiger partial charge in [-0.3, -0.25) is 0 Å². The molecule has 0 aliphatic carbocycles. The molecule has 1 saturated heterocycles. The normalized spacial score (nSPS) is 16.3. The summed E-state index contributed by atoms with van der Waals surface area (Å²) < 4.78 is 82.0. The van der Waals surface area contributed by atoms with E-state index in [4.69, 9.17) is 9.97 Å². The first-order chi connectivity index (χ1) is 19.4. The quantitative estimate of drug-likeness (QED) is 0.385. The van der Waals surface area contributed by atoms with E-state index in [1.54, 1.807) is 4.90 Å². The number of anilines is 5. The van der Waals surface area contributed by atoms with Crippen LogP contribution in [0, 0.1) is 0 Å². The lowest BCUT2D eigenvalue weighted by Crippen LogP contribution is -2.31. The molecule has 5 heterocycles. The van der Waals surface area contributed by atoms with E-state index in [2.05, 4.69) is 20.2 Å². The van der Waals surface area contributed by atoms with E-state index >= 15 is 0 Å². The topological polar surface area (TPSA) is 73.3 Å². The van der Waals surface area contributed by atoms with E-state index in [0.717, 1.165) is 44.5 Å². The highest BCUT2D eigenvalue weighted by Crippen LogP contribution is 2.38. The average Bonchev–Trinajstić information content (AvgIpc) is 3.15. The number of halogens is 6. The Morgan fingerprint density at radius 1 is 0.780 bits per heavy atom. The second-order valence-corrected chi connectivity index (χ2v) is 10.3. The molecule has 3 aromatic heterocycles. The zero-order valence-electron chi connectivity index (χ0n) is 22.6. The summed E-state index contributed by atoms with van der Waals surface area (Å²) in [6, 6.07) is 4.49. The number of piperidine rings is 1. The van der Waals surface area contributed by atoms with E-state index in [0.29, 0.717) is 35.9 Å². The molecule has 0 amide bonds. The van der Waals surface area contributed by atoms with Gasteiger partial charge in [-0.1, -0.05) is 0 Å². The van der Waals surface area contributed by atoms with Gasteiger partial charge < -0.3 is 20.0 Å². The lowest BCUT2D eigenvalue weighted by Gasteiger charge is -2.28. The molecule has 0 atom stereocenters. The number of nitrogens with zero attached hydrogens (tertiary/aromatic N) is 7. The minimum atomic E-state index is -4.58. The van der Waals surface area contributed by atoms with Crippen molar-refractivity contribution in [3.8, 4) is 0 Å². The molecule has 220 valence electrons. The van der Waals surface area contributed by atoms with Crippen molar-refractivity contribution in [3.05, 3.63) is 52.8 Å². The Morgan fingerprint density at radius 2 is 1.49 bits per heavy atom. The maximum absolute atomic E-state index is 13.7. The van der Waals surface area contributed by atoms with Crippen molar-refractivity contribution in [2.75, 3.05) is 60.3 Å². The molecular formula is C27H30F6N8. The van der Waals surface area contributed by atoms with Crippen LogP contribution in [0.3, 0.4) is 0 Å². The highest BCUT2D eigenvalue weighted by Gasteiger charge is 2.37. The van der Waals surface area contributed by atoms with Gasteiger partial charge in [0.05, 0.1) is 16.8 Å². The Balaban J connectivity index is 1.52. The van der Waals surface area contributed by atoms with E-state index in [1.165, 1.54) is 37.3 Å². The summed E-state index contributed by atoms with van der Waals surface area (Å²) in [5.74, 6) is 0.628. The maximum atomic E-state index is 13.7. The molecule has 0 bridgehead atoms. The zero-order chi connectivity index (χ0) is 29.4. The molecule has 1 fully saturated rings. The van der Waals surface area contributed by atoms with Gasteiger partial charge in [-0.25, -0.2) is 15.0 Å². The molecule has 2 aliphatic rings. The predicted molar refractivity (Wildman–Crippen MR) is 144 cm³/mol. The average molecular weight is 581 g/mol. The number of alkyl halides is 6. The predicted octanol–water partition coefficient (Wildman–Crippen LogP) is 5.71. The first kappa shape index (κ1) is 28.7. The molecule has 5 rings (SSSR count). The Kier molecular flexibility index (Phi) is 7.84. The first-order valence-corrected chi connectivity index (χ1v) is 13.4. The van der Waals surface area contributed by atoms with E-state index in [1.807, 2.05) is 0 Å². The number of fused-ring (bicyclic) bond motifs is 1. The number of pyridine rings is 2. The third-order valence-electron chi connectivity index (χ3n) is 7.21. The largest absolute Gasteiger partial charge is 0.419 e. The van der Waals surface area contributed by atoms with Crippen molar-refractivity contribution >= 4 is 29.2 Å². The number of nitrogens with one attached hydrogen (secondary N) is 1. The molecule has 14 heteroatoms. The van der Waals surface area contributed by atoms with Crippen molar-refractivity contribution in [3.63, 3.8) is 0 Å². The van der Waals surface area contributed by atoms with Crippen LogP contribution in [0.5, 0.6) is 0 Å². The Morgan fingerprint density at radius 3 is 2.17 bits per heavy atom. The van der Waals surface area contributed by atoms with Gasteiger partial charge in [-0.15, -0.1) is 0 Å². The van der Waals surface area contributed by atoms with Crippen LogP contribution < -0.4 is 20.0 Å². The van der Waals surface area contributed by atoms with Gasteiger partial charge in [-0.05, 0) is 49.9 Å². The van der Waals surface area contributed by atoms with Crippen LogP contribution in [0.25, 0.3) is 0 Å². The van der Waals surface area contributed by atoms with Crippen LogP contribution in [0.2, 0.25) is 0 Å². The molecule has 0 aromatic carbocycles. The van der Waals surface area contributed by atoms with Crippen LogP contribution in [0.15, 0.2) is 30.5 Å². The molecule has 0 radical (unpaired) electrons. The van der Waals surface area contributed by atoms with Crippen LogP contribution in [0.1, 0.15) is 41.6 Å². The van der Waals surface area contributed by atoms with Crippen LogP contribution >= 0.6 is 0 Å². The summed E-state index contributed by atoms with van der Waals surface area (Å²) in [4.78, 5) is 22.8. The SMILES string of the molecule is CN(C)c1nc(Nc2nc(N3CCCCC3)nc3c2CCN(c2ncccc2C(F)(F)F)CC3)ccc1C(F)(F)F. The molecular weight excluding hydrogens is 550 g/mol. The van der Waals surface area contributed by atoms with Crippen LogP contribution in [-0.2, 0) is 25.2 Å². The number of rotatable bonds is 5. The maximum Gasteiger partial charge on any atom is 0.419 e. The zero-order valence-corrected chi connectivity index (χ0v) is 22.6. The van der Waals surface area contributed by atoms with Gasteiger partial charge in [0, 0.05) is 58.5 Å². The Labute approximate surface area is 233 Å². The van der Waals surface area contributed by atoms with Crippen molar-refractivity contribution < 1.29 is 26.3 Å².